The summed E-state index contributed by atoms with van der Waals surface area (Å²) in [5.74, 6) is 0.781. The van der Waals surface area contributed by atoms with E-state index in [9.17, 15) is 4.79 Å². The van der Waals surface area contributed by atoms with Crippen LogP contribution in [0.3, 0.4) is 0 Å². The molecule has 0 saturated carbocycles. The molecule has 0 unspecified atom stereocenters. The van der Waals surface area contributed by atoms with Crippen molar-refractivity contribution in [1.29, 1.82) is 0 Å². The second-order valence-electron chi connectivity index (χ2n) is 6.77. The van der Waals surface area contributed by atoms with Crippen LogP contribution in [0.5, 0.6) is 5.75 Å². The normalized spacial score (nSPS) is 11.2. The average molecular weight is 382 g/mol. The Morgan fingerprint density at radius 2 is 1.83 bits per heavy atom. The molecular weight excluding hydrogens is 364 g/mol. The van der Waals surface area contributed by atoms with Gasteiger partial charge in [0.05, 0.1) is 19.1 Å². The van der Waals surface area contributed by atoms with Crippen molar-refractivity contribution in [3.63, 3.8) is 0 Å². The van der Waals surface area contributed by atoms with Crippen molar-refractivity contribution in [2.45, 2.75) is 6.54 Å². The molecule has 0 aliphatic heterocycles. The molecule has 0 fully saturated rings. The molecule has 0 bridgehead atoms. The largest absolute Gasteiger partial charge is 0.497 e. The van der Waals surface area contributed by atoms with Gasteiger partial charge in [0.25, 0.3) is 5.56 Å². The topological polar surface area (TPSA) is 61.9 Å². The molecule has 0 atom stereocenters. The van der Waals surface area contributed by atoms with Gasteiger partial charge in [-0.1, -0.05) is 30.3 Å². The van der Waals surface area contributed by atoms with E-state index in [-0.39, 0.29) is 5.56 Å². The maximum atomic E-state index is 13.6. The molecule has 0 radical (unpaired) electrons. The molecule has 0 N–H and O–H groups in total. The smallest absolute Gasteiger partial charge is 0.282 e. The molecule has 0 amide bonds. The van der Waals surface area contributed by atoms with E-state index in [4.69, 9.17) is 4.74 Å². The molecule has 6 nitrogen and oxygen atoms in total. The number of benzene rings is 2. The second kappa shape index (κ2) is 6.91. The highest BCUT2D eigenvalue weighted by Gasteiger charge is 2.17. The Morgan fingerprint density at radius 1 is 0.966 bits per heavy atom. The van der Waals surface area contributed by atoms with Crippen molar-refractivity contribution in [3.05, 3.63) is 95.2 Å². The molecule has 29 heavy (non-hydrogen) atoms. The SMILES string of the molecule is COc1cccc(Cn2cnc3c4cccnc4n(-c4ccccc4)c(=O)c32)c1. The van der Waals surface area contributed by atoms with Gasteiger partial charge in [-0.2, -0.15) is 0 Å². The number of imidazole rings is 1. The van der Waals surface area contributed by atoms with E-state index in [1.165, 1.54) is 0 Å². The number of rotatable bonds is 4. The molecule has 0 spiro atoms. The van der Waals surface area contributed by atoms with E-state index in [0.29, 0.717) is 23.2 Å². The highest BCUT2D eigenvalue weighted by Crippen LogP contribution is 2.23. The lowest BCUT2D eigenvalue weighted by Crippen LogP contribution is -2.22. The van der Waals surface area contributed by atoms with Crippen molar-refractivity contribution >= 4 is 22.1 Å². The third-order valence-electron chi connectivity index (χ3n) is 5.00. The molecule has 5 aromatic rings. The van der Waals surface area contributed by atoms with Gasteiger partial charge in [0.15, 0.2) is 0 Å². The fourth-order valence-corrected chi connectivity index (χ4v) is 3.67. The van der Waals surface area contributed by atoms with Crippen molar-refractivity contribution in [2.24, 2.45) is 0 Å². The van der Waals surface area contributed by atoms with Crippen LogP contribution in [-0.2, 0) is 6.54 Å². The van der Waals surface area contributed by atoms with E-state index in [1.807, 2.05) is 71.3 Å². The predicted molar refractivity (Wildman–Crippen MR) is 113 cm³/mol. The minimum atomic E-state index is -0.141. The average Bonchev–Trinajstić information content (AvgIpc) is 3.19. The number of pyridine rings is 2. The summed E-state index contributed by atoms with van der Waals surface area (Å²) >= 11 is 0. The van der Waals surface area contributed by atoms with Crippen LogP contribution in [0.2, 0.25) is 0 Å². The van der Waals surface area contributed by atoms with Crippen molar-refractivity contribution < 1.29 is 4.74 Å². The van der Waals surface area contributed by atoms with E-state index in [2.05, 4.69) is 9.97 Å². The van der Waals surface area contributed by atoms with Crippen LogP contribution >= 0.6 is 0 Å². The van der Waals surface area contributed by atoms with Crippen LogP contribution in [0.15, 0.2) is 84.0 Å². The maximum Gasteiger partial charge on any atom is 0.282 e. The number of para-hydroxylation sites is 1. The molecular formula is C23H18N4O2. The van der Waals surface area contributed by atoms with Gasteiger partial charge >= 0.3 is 0 Å². The molecule has 0 aliphatic carbocycles. The lowest BCUT2D eigenvalue weighted by atomic mass is 10.2. The van der Waals surface area contributed by atoms with Crippen LogP contribution in [0.1, 0.15) is 5.56 Å². The van der Waals surface area contributed by atoms with Gasteiger partial charge in [-0.15, -0.1) is 0 Å². The van der Waals surface area contributed by atoms with Gasteiger partial charge in [-0.25, -0.2) is 9.97 Å². The van der Waals surface area contributed by atoms with Gasteiger partial charge in [0, 0.05) is 18.1 Å². The first kappa shape index (κ1) is 17.2. The summed E-state index contributed by atoms with van der Waals surface area (Å²) in [6.07, 6.45) is 3.41. The summed E-state index contributed by atoms with van der Waals surface area (Å²) in [5, 5.41) is 0.843. The summed E-state index contributed by atoms with van der Waals surface area (Å²) in [5.41, 5.74) is 3.48. The second-order valence-corrected chi connectivity index (χ2v) is 6.77. The lowest BCUT2D eigenvalue weighted by molar-refractivity contribution is 0.414. The highest BCUT2D eigenvalue weighted by molar-refractivity contribution is 6.01. The highest BCUT2D eigenvalue weighted by atomic mass is 16.5. The molecule has 0 aliphatic rings. The Bertz CT molecular complexity index is 1390. The van der Waals surface area contributed by atoms with Crippen molar-refractivity contribution in [1.82, 2.24) is 19.1 Å². The minimum absolute atomic E-state index is 0.141. The standard InChI is InChI=1S/C23H18N4O2/c1-29-18-10-5-7-16(13-18)14-26-15-25-20-19-11-6-12-24-22(19)27(23(28)21(20)26)17-8-3-2-4-9-17/h2-13,15H,14H2,1H3. The van der Waals surface area contributed by atoms with Gasteiger partial charge < -0.3 is 9.30 Å². The summed E-state index contributed by atoms with van der Waals surface area (Å²) in [6.45, 7) is 0.517. The number of fused-ring (bicyclic) bond motifs is 3. The fourth-order valence-electron chi connectivity index (χ4n) is 3.67. The Balaban J connectivity index is 1.78. The summed E-state index contributed by atoms with van der Waals surface area (Å²) in [4.78, 5) is 22.6. The van der Waals surface area contributed by atoms with E-state index in [1.54, 1.807) is 24.2 Å². The van der Waals surface area contributed by atoms with Gasteiger partial charge in [-0.05, 0) is 42.0 Å². The quantitative estimate of drug-likeness (QED) is 0.474. The van der Waals surface area contributed by atoms with Crippen LogP contribution in [-0.4, -0.2) is 26.2 Å². The van der Waals surface area contributed by atoms with E-state index >= 15 is 0 Å². The Morgan fingerprint density at radius 3 is 2.66 bits per heavy atom. The summed E-state index contributed by atoms with van der Waals surface area (Å²) < 4.78 is 8.86. The first-order valence-corrected chi connectivity index (χ1v) is 9.29. The third kappa shape index (κ3) is 2.86. The number of methoxy groups -OCH3 is 1. The van der Waals surface area contributed by atoms with E-state index < -0.39 is 0 Å². The van der Waals surface area contributed by atoms with Gasteiger partial charge in [-0.3, -0.25) is 9.36 Å². The number of hydrogen-bond donors (Lipinski definition) is 0. The monoisotopic (exact) mass is 382 g/mol. The lowest BCUT2D eigenvalue weighted by Gasteiger charge is -2.12. The maximum absolute atomic E-state index is 13.6. The van der Waals surface area contributed by atoms with Crippen LogP contribution in [0.25, 0.3) is 27.8 Å². The fraction of sp³-hybridized carbons (Fsp3) is 0.0870. The number of nitrogens with zero attached hydrogens (tertiary/aromatic N) is 4. The van der Waals surface area contributed by atoms with Gasteiger partial charge in [0.1, 0.15) is 22.4 Å². The first-order chi connectivity index (χ1) is 14.3. The Kier molecular flexibility index (Phi) is 4.09. The first-order valence-electron chi connectivity index (χ1n) is 9.29. The summed E-state index contributed by atoms with van der Waals surface area (Å²) in [6, 6.07) is 21.2. The molecule has 3 heterocycles. The van der Waals surface area contributed by atoms with Crippen LogP contribution in [0.4, 0.5) is 0 Å². The van der Waals surface area contributed by atoms with Gasteiger partial charge in [0.2, 0.25) is 0 Å². The van der Waals surface area contributed by atoms with Crippen molar-refractivity contribution in [3.8, 4) is 11.4 Å². The molecule has 0 saturated heterocycles. The zero-order chi connectivity index (χ0) is 19.8. The third-order valence-corrected chi connectivity index (χ3v) is 5.00. The van der Waals surface area contributed by atoms with E-state index in [0.717, 1.165) is 22.4 Å². The zero-order valence-electron chi connectivity index (χ0n) is 15.8. The number of ether oxygens (including phenoxy) is 1. The molecule has 142 valence electrons. The summed E-state index contributed by atoms with van der Waals surface area (Å²) in [7, 11) is 1.64. The van der Waals surface area contributed by atoms with Crippen LogP contribution < -0.4 is 10.3 Å². The Labute approximate surface area is 166 Å². The molecule has 3 aromatic heterocycles. The minimum Gasteiger partial charge on any atom is -0.497 e. The predicted octanol–water partition coefficient (Wildman–Crippen LogP) is 3.79. The molecule has 5 rings (SSSR count). The number of aromatic nitrogens is 4. The van der Waals surface area contributed by atoms with Crippen molar-refractivity contribution in [2.75, 3.05) is 7.11 Å². The molecule has 2 aromatic carbocycles. The zero-order valence-corrected chi connectivity index (χ0v) is 15.8. The van der Waals surface area contributed by atoms with Crippen LogP contribution in [0, 0.1) is 0 Å². The molecule has 6 heteroatoms. The Hall–Kier alpha value is -3.93. The number of hydrogen-bond acceptors (Lipinski definition) is 4.